The van der Waals surface area contributed by atoms with Crippen LogP contribution in [0.5, 0.6) is 5.75 Å². The highest BCUT2D eigenvalue weighted by atomic mass is 32.1. The van der Waals surface area contributed by atoms with Crippen LogP contribution in [0.25, 0.3) is 11.0 Å². The maximum Gasteiger partial charge on any atom is 0.336 e. The van der Waals surface area contributed by atoms with Gasteiger partial charge in [0.25, 0.3) is 0 Å². The summed E-state index contributed by atoms with van der Waals surface area (Å²) < 4.78 is 5.29. The van der Waals surface area contributed by atoms with Crippen molar-refractivity contribution in [3.8, 4) is 5.75 Å². The lowest BCUT2D eigenvalue weighted by Crippen LogP contribution is -2.37. The number of amides is 1. The van der Waals surface area contributed by atoms with Crippen molar-refractivity contribution in [1.82, 2.24) is 9.88 Å². The molecule has 0 atom stereocenters. The van der Waals surface area contributed by atoms with Gasteiger partial charge in [0.2, 0.25) is 5.91 Å². The van der Waals surface area contributed by atoms with Gasteiger partial charge in [0.1, 0.15) is 11.3 Å². The maximum atomic E-state index is 12.5. The Morgan fingerprint density at radius 3 is 2.73 bits per heavy atom. The first-order valence-corrected chi connectivity index (χ1v) is 11.0. The van der Waals surface area contributed by atoms with Crippen molar-refractivity contribution in [2.24, 2.45) is 5.92 Å². The third-order valence-electron chi connectivity index (χ3n) is 5.61. The Hall–Kier alpha value is -2.71. The first-order chi connectivity index (χ1) is 14.4. The fourth-order valence-electron chi connectivity index (χ4n) is 3.93. The summed E-state index contributed by atoms with van der Waals surface area (Å²) in [5.74, 6) is 0.136. The summed E-state index contributed by atoms with van der Waals surface area (Å²) in [7, 11) is 0. The number of piperidine rings is 1. The Morgan fingerprint density at radius 1 is 1.30 bits per heavy atom. The van der Waals surface area contributed by atoms with Gasteiger partial charge in [-0.15, -0.1) is 11.3 Å². The molecule has 7 nitrogen and oxygen atoms in total. The summed E-state index contributed by atoms with van der Waals surface area (Å²) >= 11 is 1.44. The van der Waals surface area contributed by atoms with Crippen molar-refractivity contribution < 1.29 is 14.3 Å². The van der Waals surface area contributed by atoms with E-state index >= 15 is 0 Å². The normalized spacial score (nSPS) is 15.5. The molecule has 0 spiro atoms. The molecule has 30 heavy (non-hydrogen) atoms. The second-order valence-electron chi connectivity index (χ2n) is 7.76. The molecule has 158 valence electrons. The monoisotopic (exact) mass is 427 g/mol. The van der Waals surface area contributed by atoms with Crippen LogP contribution in [-0.2, 0) is 17.8 Å². The summed E-state index contributed by atoms with van der Waals surface area (Å²) in [4.78, 5) is 31.1. The Balaban J connectivity index is 1.44. The number of nitrogens with one attached hydrogen (secondary N) is 1. The van der Waals surface area contributed by atoms with Gasteiger partial charge in [-0.1, -0.05) is 6.92 Å². The van der Waals surface area contributed by atoms with Crippen LogP contribution in [0.15, 0.2) is 32.8 Å². The Bertz CT molecular complexity index is 1130. The number of phenolic OH excluding ortho intramolecular Hbond substituents is 1. The molecule has 1 fully saturated rings. The summed E-state index contributed by atoms with van der Waals surface area (Å²) in [5.41, 5.74) is 2.60. The molecule has 0 bridgehead atoms. The van der Waals surface area contributed by atoms with E-state index in [-0.39, 0.29) is 17.6 Å². The molecule has 4 rings (SSSR count). The first-order valence-electron chi connectivity index (χ1n) is 10.2. The number of carbonyl (C=O) groups is 1. The number of rotatable bonds is 5. The zero-order chi connectivity index (χ0) is 21.3. The predicted molar refractivity (Wildman–Crippen MR) is 117 cm³/mol. The van der Waals surface area contributed by atoms with E-state index in [1.165, 1.54) is 23.5 Å². The van der Waals surface area contributed by atoms with Gasteiger partial charge in [-0.3, -0.25) is 9.69 Å². The molecule has 8 heteroatoms. The number of phenols is 1. The number of aryl methyl sites for hydroxylation is 2. The van der Waals surface area contributed by atoms with Crippen LogP contribution in [0.3, 0.4) is 0 Å². The number of aromatic nitrogens is 1. The summed E-state index contributed by atoms with van der Waals surface area (Å²) in [6.07, 6.45) is 2.21. The van der Waals surface area contributed by atoms with Gasteiger partial charge in [-0.25, -0.2) is 9.78 Å². The zero-order valence-corrected chi connectivity index (χ0v) is 17.9. The van der Waals surface area contributed by atoms with E-state index in [1.807, 2.05) is 25.3 Å². The van der Waals surface area contributed by atoms with Crippen molar-refractivity contribution in [2.45, 2.75) is 39.7 Å². The lowest BCUT2D eigenvalue weighted by atomic mass is 9.95. The molecule has 1 aliphatic heterocycles. The van der Waals surface area contributed by atoms with E-state index in [0.717, 1.165) is 48.1 Å². The van der Waals surface area contributed by atoms with Gasteiger partial charge in [0.05, 0.1) is 5.69 Å². The number of benzene rings is 1. The molecule has 3 aromatic rings. The van der Waals surface area contributed by atoms with E-state index in [9.17, 15) is 14.7 Å². The van der Waals surface area contributed by atoms with Gasteiger partial charge in [-0.05, 0) is 56.5 Å². The third-order valence-corrected chi connectivity index (χ3v) is 6.49. The lowest BCUT2D eigenvalue weighted by Gasteiger charge is -2.31. The number of nitrogens with zero attached hydrogens (tertiary/aromatic N) is 2. The number of hydrogen-bond acceptors (Lipinski definition) is 7. The molecule has 1 aliphatic rings. The Labute approximate surface area is 178 Å². The minimum absolute atomic E-state index is 0.0258. The van der Waals surface area contributed by atoms with Crippen LogP contribution < -0.4 is 10.9 Å². The quantitative estimate of drug-likeness (QED) is 0.603. The molecular weight excluding hydrogens is 402 g/mol. The van der Waals surface area contributed by atoms with E-state index in [2.05, 4.69) is 15.2 Å². The first kappa shape index (κ1) is 20.6. The number of aromatic hydroxyl groups is 1. The second kappa shape index (κ2) is 8.57. The highest BCUT2D eigenvalue weighted by Crippen LogP contribution is 2.29. The predicted octanol–water partition coefficient (Wildman–Crippen LogP) is 3.68. The second-order valence-corrected chi connectivity index (χ2v) is 8.61. The van der Waals surface area contributed by atoms with Crippen molar-refractivity contribution in [2.75, 3.05) is 18.4 Å². The smallest absolute Gasteiger partial charge is 0.336 e. The number of carbonyl (C=O) groups excluding carboxylic acids is 1. The number of likely N-dealkylation sites (tertiary alicyclic amines) is 1. The van der Waals surface area contributed by atoms with Crippen LogP contribution in [0.1, 0.15) is 36.6 Å². The molecule has 0 radical (unpaired) electrons. The summed E-state index contributed by atoms with van der Waals surface area (Å²) in [5, 5.41) is 16.4. The van der Waals surface area contributed by atoms with E-state index in [1.54, 1.807) is 0 Å². The molecule has 1 saturated heterocycles. The van der Waals surface area contributed by atoms with Crippen LogP contribution in [0.4, 0.5) is 5.13 Å². The minimum Gasteiger partial charge on any atom is -0.508 e. The van der Waals surface area contributed by atoms with E-state index in [0.29, 0.717) is 23.7 Å². The van der Waals surface area contributed by atoms with Crippen LogP contribution >= 0.6 is 11.3 Å². The molecule has 3 heterocycles. The number of thiazole rings is 1. The largest absolute Gasteiger partial charge is 0.508 e. The van der Waals surface area contributed by atoms with Gasteiger partial charge in [0, 0.05) is 35.4 Å². The van der Waals surface area contributed by atoms with Crippen molar-refractivity contribution in [1.29, 1.82) is 0 Å². The molecule has 0 saturated carbocycles. The van der Waals surface area contributed by atoms with Crippen LogP contribution in [-0.4, -0.2) is 34.0 Å². The molecule has 2 aromatic heterocycles. The molecule has 0 unspecified atom stereocenters. The Kier molecular flexibility index (Phi) is 5.87. The fraction of sp³-hybridized carbons (Fsp3) is 0.409. The highest BCUT2D eigenvalue weighted by molar-refractivity contribution is 7.13. The topological polar surface area (TPSA) is 95.7 Å². The van der Waals surface area contributed by atoms with Crippen molar-refractivity contribution in [3.05, 3.63) is 50.8 Å². The maximum absolute atomic E-state index is 12.5. The van der Waals surface area contributed by atoms with Crippen molar-refractivity contribution >= 4 is 33.3 Å². The van der Waals surface area contributed by atoms with Crippen molar-refractivity contribution in [3.63, 3.8) is 0 Å². The number of fused-ring (bicyclic) bond motifs is 1. The Morgan fingerprint density at radius 2 is 2.07 bits per heavy atom. The molecule has 2 N–H and O–H groups in total. The highest BCUT2D eigenvalue weighted by Gasteiger charge is 2.26. The number of anilines is 1. The van der Waals surface area contributed by atoms with E-state index in [4.69, 9.17) is 4.42 Å². The third kappa shape index (κ3) is 4.39. The van der Waals surface area contributed by atoms with Gasteiger partial charge in [-0.2, -0.15) is 0 Å². The lowest BCUT2D eigenvalue weighted by molar-refractivity contribution is -0.121. The SMILES string of the molecule is CCc1cc2c(CN3CCC(C(=O)Nc4nc(C)cs4)CC3)cc(=O)oc2cc1O. The van der Waals surface area contributed by atoms with Crippen LogP contribution in [0, 0.1) is 12.8 Å². The molecular formula is C22H25N3O4S. The van der Waals surface area contributed by atoms with E-state index < -0.39 is 5.63 Å². The zero-order valence-electron chi connectivity index (χ0n) is 17.1. The van der Waals surface area contributed by atoms with Gasteiger partial charge < -0.3 is 14.8 Å². The summed E-state index contributed by atoms with van der Waals surface area (Å²) in [6, 6.07) is 4.96. The van der Waals surface area contributed by atoms with Crippen LogP contribution in [0.2, 0.25) is 0 Å². The average molecular weight is 428 g/mol. The summed E-state index contributed by atoms with van der Waals surface area (Å²) in [6.45, 7) is 6.03. The van der Waals surface area contributed by atoms with Gasteiger partial charge in [0.15, 0.2) is 5.13 Å². The number of hydrogen-bond donors (Lipinski definition) is 2. The van der Waals surface area contributed by atoms with Gasteiger partial charge >= 0.3 is 5.63 Å². The molecule has 1 aromatic carbocycles. The minimum atomic E-state index is -0.422. The fourth-order valence-corrected chi connectivity index (χ4v) is 4.63. The molecule has 0 aliphatic carbocycles. The molecule has 1 amide bonds. The standard InChI is InChI=1S/C22H25N3O4S/c1-3-14-8-17-16(9-20(27)29-19(17)10-18(14)26)11-25-6-4-15(5-7-25)21(28)24-22-23-13(2)12-30-22/h8-10,12,15,26H,3-7,11H2,1-2H3,(H,23,24,28). The average Bonchev–Trinajstić information content (AvgIpc) is 3.12.